The third-order valence-electron chi connectivity index (χ3n) is 1.93. The summed E-state index contributed by atoms with van der Waals surface area (Å²) in [6.07, 6.45) is 4.21. The van der Waals surface area contributed by atoms with Crippen LogP contribution in [0.1, 0.15) is 0 Å². The summed E-state index contributed by atoms with van der Waals surface area (Å²) < 4.78 is 18.6. The molecule has 2 heterocycles. The van der Waals surface area contributed by atoms with E-state index in [4.69, 9.17) is 16.3 Å². The van der Waals surface area contributed by atoms with Crippen molar-refractivity contribution < 1.29 is 9.13 Å². The molecule has 0 bridgehead atoms. The number of hydrogen-bond acceptors (Lipinski definition) is 4. The second-order valence-corrected chi connectivity index (χ2v) is 3.29. The standard InChI is InChI=1S/C10H7ClFN3O/c1-16-10-9(13-2-3-14-10)6-5-15-8(11)4-7(6)12/h2-5H,1H3. The van der Waals surface area contributed by atoms with E-state index in [0.717, 1.165) is 6.07 Å². The number of rotatable bonds is 2. The smallest absolute Gasteiger partial charge is 0.240 e. The molecule has 0 unspecified atom stereocenters. The van der Waals surface area contributed by atoms with Crippen LogP contribution in [-0.4, -0.2) is 22.1 Å². The number of methoxy groups -OCH3 is 1. The first-order valence-corrected chi connectivity index (χ1v) is 4.76. The molecule has 2 aromatic heterocycles. The fraction of sp³-hybridized carbons (Fsp3) is 0.100. The van der Waals surface area contributed by atoms with Gasteiger partial charge in [0, 0.05) is 24.7 Å². The Hall–Kier alpha value is -1.75. The highest BCUT2D eigenvalue weighted by atomic mass is 35.5. The quantitative estimate of drug-likeness (QED) is 0.755. The van der Waals surface area contributed by atoms with Crippen LogP contribution in [0.5, 0.6) is 5.88 Å². The van der Waals surface area contributed by atoms with Crippen molar-refractivity contribution in [1.82, 2.24) is 15.0 Å². The van der Waals surface area contributed by atoms with Crippen LogP contribution in [0.15, 0.2) is 24.7 Å². The second kappa shape index (κ2) is 4.40. The van der Waals surface area contributed by atoms with Crippen LogP contribution in [-0.2, 0) is 0 Å². The Morgan fingerprint density at radius 2 is 2.00 bits per heavy atom. The molecule has 16 heavy (non-hydrogen) atoms. The van der Waals surface area contributed by atoms with Gasteiger partial charge in [-0.15, -0.1) is 0 Å². The molecule has 0 spiro atoms. The summed E-state index contributed by atoms with van der Waals surface area (Å²) in [5, 5.41) is 0.0871. The third-order valence-corrected chi connectivity index (χ3v) is 2.14. The molecule has 0 aromatic carbocycles. The van der Waals surface area contributed by atoms with Crippen LogP contribution >= 0.6 is 11.6 Å². The molecule has 0 aliphatic rings. The summed E-state index contributed by atoms with van der Waals surface area (Å²) in [6.45, 7) is 0. The summed E-state index contributed by atoms with van der Waals surface area (Å²) in [5.74, 6) is -0.274. The summed E-state index contributed by atoms with van der Waals surface area (Å²) in [4.78, 5) is 11.7. The summed E-state index contributed by atoms with van der Waals surface area (Å²) in [7, 11) is 1.44. The van der Waals surface area contributed by atoms with Gasteiger partial charge in [0.15, 0.2) is 0 Å². The molecular formula is C10H7ClFN3O. The molecule has 0 amide bonds. The van der Waals surface area contributed by atoms with Crippen molar-refractivity contribution in [1.29, 1.82) is 0 Å². The monoisotopic (exact) mass is 239 g/mol. The van der Waals surface area contributed by atoms with Crippen LogP contribution in [0.3, 0.4) is 0 Å². The van der Waals surface area contributed by atoms with Crippen molar-refractivity contribution in [3.05, 3.63) is 35.6 Å². The molecule has 2 rings (SSSR count). The minimum atomic E-state index is -0.515. The van der Waals surface area contributed by atoms with Crippen molar-refractivity contribution in [3.63, 3.8) is 0 Å². The Bertz CT molecular complexity index is 521. The zero-order chi connectivity index (χ0) is 11.5. The Kier molecular flexibility index (Phi) is 2.96. The highest BCUT2D eigenvalue weighted by molar-refractivity contribution is 6.29. The normalized spacial score (nSPS) is 10.2. The van der Waals surface area contributed by atoms with Gasteiger partial charge >= 0.3 is 0 Å². The summed E-state index contributed by atoms with van der Waals surface area (Å²) >= 11 is 5.56. The average Bonchev–Trinajstić information content (AvgIpc) is 2.29. The molecule has 0 saturated carbocycles. The summed E-state index contributed by atoms with van der Waals surface area (Å²) in [6, 6.07) is 1.12. The van der Waals surface area contributed by atoms with Crippen LogP contribution in [0, 0.1) is 5.82 Å². The van der Waals surface area contributed by atoms with E-state index in [1.54, 1.807) is 0 Å². The Balaban J connectivity index is 2.58. The molecule has 4 nitrogen and oxygen atoms in total. The molecule has 0 atom stereocenters. The van der Waals surface area contributed by atoms with Gasteiger partial charge < -0.3 is 4.74 Å². The maximum Gasteiger partial charge on any atom is 0.240 e. The average molecular weight is 240 g/mol. The van der Waals surface area contributed by atoms with E-state index in [9.17, 15) is 4.39 Å². The zero-order valence-corrected chi connectivity index (χ0v) is 9.07. The van der Waals surface area contributed by atoms with Crippen LogP contribution < -0.4 is 4.74 Å². The lowest BCUT2D eigenvalue weighted by Crippen LogP contribution is -1.96. The lowest BCUT2D eigenvalue weighted by molar-refractivity contribution is 0.397. The zero-order valence-electron chi connectivity index (χ0n) is 8.32. The van der Waals surface area contributed by atoms with E-state index in [2.05, 4.69) is 15.0 Å². The second-order valence-electron chi connectivity index (χ2n) is 2.90. The molecule has 0 radical (unpaired) electrons. The molecule has 0 aliphatic carbocycles. The first kappa shape index (κ1) is 10.8. The third kappa shape index (κ3) is 1.94. The number of ether oxygens (including phenoxy) is 1. The fourth-order valence-corrected chi connectivity index (χ4v) is 1.39. The van der Waals surface area contributed by atoms with Gasteiger partial charge in [-0.25, -0.2) is 19.3 Å². The summed E-state index contributed by atoms with van der Waals surface area (Å²) in [5.41, 5.74) is 0.501. The van der Waals surface area contributed by atoms with Gasteiger partial charge in [0.05, 0.1) is 12.7 Å². The first-order chi connectivity index (χ1) is 7.72. The van der Waals surface area contributed by atoms with Crippen molar-refractivity contribution in [2.24, 2.45) is 0 Å². The van der Waals surface area contributed by atoms with Crippen molar-refractivity contribution >= 4 is 11.6 Å². The molecule has 6 heteroatoms. The van der Waals surface area contributed by atoms with Crippen LogP contribution in [0.4, 0.5) is 4.39 Å². The van der Waals surface area contributed by atoms with Gasteiger partial charge in [-0.2, -0.15) is 0 Å². The lowest BCUT2D eigenvalue weighted by atomic mass is 10.2. The minimum absolute atomic E-state index is 0.0871. The van der Waals surface area contributed by atoms with Gasteiger partial charge in [-0.05, 0) is 0 Å². The molecule has 0 saturated heterocycles. The fourth-order valence-electron chi connectivity index (χ4n) is 1.24. The maximum atomic E-state index is 13.6. The largest absolute Gasteiger partial charge is 0.479 e. The SMILES string of the molecule is COc1nccnc1-c1cnc(Cl)cc1F. The van der Waals surface area contributed by atoms with E-state index >= 15 is 0 Å². The van der Waals surface area contributed by atoms with Gasteiger partial charge in [-0.1, -0.05) is 11.6 Å². The molecule has 2 aromatic rings. The van der Waals surface area contributed by atoms with Crippen LogP contribution in [0.2, 0.25) is 5.15 Å². The number of hydrogen-bond donors (Lipinski definition) is 0. The minimum Gasteiger partial charge on any atom is -0.479 e. The van der Waals surface area contributed by atoms with Gasteiger partial charge in [-0.3, -0.25) is 0 Å². The predicted octanol–water partition coefficient (Wildman–Crippen LogP) is 2.34. The number of aromatic nitrogens is 3. The first-order valence-electron chi connectivity index (χ1n) is 4.39. The van der Waals surface area contributed by atoms with E-state index in [1.807, 2.05) is 0 Å². The molecular weight excluding hydrogens is 233 g/mol. The maximum absolute atomic E-state index is 13.6. The Labute approximate surface area is 96.1 Å². The van der Waals surface area contributed by atoms with Crippen molar-refractivity contribution in [2.75, 3.05) is 7.11 Å². The predicted molar refractivity (Wildman–Crippen MR) is 56.8 cm³/mol. The number of nitrogens with zero attached hydrogens (tertiary/aromatic N) is 3. The molecule has 0 N–H and O–H groups in total. The number of halogens is 2. The Morgan fingerprint density at radius 3 is 2.69 bits per heavy atom. The molecule has 0 aliphatic heterocycles. The lowest BCUT2D eigenvalue weighted by Gasteiger charge is -2.06. The van der Waals surface area contributed by atoms with E-state index < -0.39 is 5.82 Å². The Morgan fingerprint density at radius 1 is 1.25 bits per heavy atom. The van der Waals surface area contributed by atoms with Gasteiger partial charge in [0.1, 0.15) is 16.7 Å². The van der Waals surface area contributed by atoms with Crippen LogP contribution in [0.25, 0.3) is 11.3 Å². The van der Waals surface area contributed by atoms with Crippen molar-refractivity contribution in [2.45, 2.75) is 0 Å². The van der Waals surface area contributed by atoms with Gasteiger partial charge in [0.25, 0.3) is 0 Å². The highest BCUT2D eigenvalue weighted by Gasteiger charge is 2.13. The molecule has 0 fully saturated rings. The topological polar surface area (TPSA) is 47.9 Å². The van der Waals surface area contributed by atoms with Gasteiger partial charge in [0.2, 0.25) is 5.88 Å². The van der Waals surface area contributed by atoms with E-state index in [-0.39, 0.29) is 16.6 Å². The van der Waals surface area contributed by atoms with E-state index in [0.29, 0.717) is 5.69 Å². The highest BCUT2D eigenvalue weighted by Crippen LogP contribution is 2.27. The van der Waals surface area contributed by atoms with Crippen molar-refractivity contribution in [3.8, 4) is 17.1 Å². The van der Waals surface area contributed by atoms with E-state index in [1.165, 1.54) is 25.7 Å². The molecule has 82 valence electrons. The number of pyridine rings is 1.